The van der Waals surface area contributed by atoms with Gasteiger partial charge >= 0.3 is 5.97 Å². The average Bonchev–Trinajstić information content (AvgIpc) is 3.22. The fourth-order valence-electron chi connectivity index (χ4n) is 2.86. The summed E-state index contributed by atoms with van der Waals surface area (Å²) in [7, 11) is -3.40. The highest BCUT2D eigenvalue weighted by Crippen LogP contribution is 2.22. The molecule has 7 nitrogen and oxygen atoms in total. The van der Waals surface area contributed by atoms with Crippen LogP contribution in [0, 0.1) is 0 Å². The first-order chi connectivity index (χ1) is 12.4. The van der Waals surface area contributed by atoms with Gasteiger partial charge in [-0.25, -0.2) is 8.42 Å². The third-order valence-corrected chi connectivity index (χ3v) is 7.42. The number of ether oxygens (including phenoxy) is 1. The van der Waals surface area contributed by atoms with Crippen molar-refractivity contribution in [3.8, 4) is 0 Å². The van der Waals surface area contributed by atoms with E-state index in [1.807, 2.05) is 6.07 Å². The maximum Gasteiger partial charge on any atom is 0.303 e. The molecule has 0 atom stereocenters. The van der Waals surface area contributed by atoms with Crippen LogP contribution < -0.4 is 0 Å². The zero-order valence-corrected chi connectivity index (χ0v) is 16.2. The first-order valence-electron chi connectivity index (χ1n) is 8.42. The Hall–Kier alpha value is -1.68. The van der Waals surface area contributed by atoms with E-state index in [1.54, 1.807) is 27.9 Å². The number of sulfonamides is 1. The van der Waals surface area contributed by atoms with E-state index in [2.05, 4.69) is 4.90 Å². The van der Waals surface area contributed by atoms with E-state index in [9.17, 15) is 13.2 Å². The summed E-state index contributed by atoms with van der Waals surface area (Å²) in [6, 6.07) is 7.07. The van der Waals surface area contributed by atoms with Crippen molar-refractivity contribution in [1.29, 1.82) is 0 Å². The van der Waals surface area contributed by atoms with Crippen molar-refractivity contribution in [2.75, 3.05) is 26.2 Å². The lowest BCUT2D eigenvalue weighted by molar-refractivity contribution is -0.142. The van der Waals surface area contributed by atoms with Crippen molar-refractivity contribution in [3.05, 3.63) is 41.2 Å². The van der Waals surface area contributed by atoms with Gasteiger partial charge < -0.3 is 9.15 Å². The molecule has 3 heterocycles. The highest BCUT2D eigenvalue weighted by molar-refractivity contribution is 7.91. The van der Waals surface area contributed by atoms with Crippen LogP contribution in [0.15, 0.2) is 38.3 Å². The van der Waals surface area contributed by atoms with Crippen LogP contribution in [0.3, 0.4) is 0 Å². The number of carbonyl (C=O) groups is 1. The summed E-state index contributed by atoms with van der Waals surface area (Å²) in [5, 5.41) is 1.78. The molecule has 9 heteroatoms. The zero-order chi connectivity index (χ0) is 18.6. The summed E-state index contributed by atoms with van der Waals surface area (Å²) < 4.78 is 37.9. The molecule has 26 heavy (non-hydrogen) atoms. The van der Waals surface area contributed by atoms with E-state index in [0.29, 0.717) is 36.1 Å². The lowest BCUT2D eigenvalue weighted by Gasteiger charge is -2.20. The number of furan rings is 1. The predicted molar refractivity (Wildman–Crippen MR) is 97.1 cm³/mol. The molecule has 0 spiro atoms. The van der Waals surface area contributed by atoms with Gasteiger partial charge in [0.15, 0.2) is 0 Å². The smallest absolute Gasteiger partial charge is 0.303 e. The minimum Gasteiger partial charge on any atom is -0.461 e. The minimum atomic E-state index is -3.40. The predicted octanol–water partition coefficient (Wildman–Crippen LogP) is 2.30. The van der Waals surface area contributed by atoms with Gasteiger partial charge in [-0.1, -0.05) is 6.07 Å². The number of thiophene rings is 1. The summed E-state index contributed by atoms with van der Waals surface area (Å²) in [6.45, 7) is 4.51. The Balaban J connectivity index is 1.57. The van der Waals surface area contributed by atoms with Crippen molar-refractivity contribution in [2.45, 2.75) is 30.7 Å². The zero-order valence-electron chi connectivity index (χ0n) is 14.6. The molecule has 0 unspecified atom stereocenters. The lowest BCUT2D eigenvalue weighted by atomic mass is 10.3. The second kappa shape index (κ2) is 8.34. The van der Waals surface area contributed by atoms with E-state index >= 15 is 0 Å². The molecule has 142 valence electrons. The highest BCUT2D eigenvalue weighted by atomic mass is 32.2. The number of hydrogen-bond acceptors (Lipinski definition) is 7. The van der Waals surface area contributed by atoms with Crippen LogP contribution in [-0.4, -0.2) is 49.8 Å². The molecule has 1 aliphatic heterocycles. The van der Waals surface area contributed by atoms with Crippen molar-refractivity contribution in [3.63, 3.8) is 0 Å². The standard InChI is InChI=1S/C17H22N2O5S2/c1-14(20)23-13-16-6-5-15(24-16)12-18-7-3-8-19(10-9-18)26(21,22)17-4-2-11-25-17/h2,4-6,11H,3,7-10,12-13H2,1H3. The molecule has 0 saturated carbocycles. The molecular formula is C17H22N2O5S2. The van der Waals surface area contributed by atoms with Crippen LogP contribution >= 0.6 is 11.3 Å². The van der Waals surface area contributed by atoms with Crippen LogP contribution in [0.25, 0.3) is 0 Å². The van der Waals surface area contributed by atoms with E-state index in [4.69, 9.17) is 9.15 Å². The fourth-order valence-corrected chi connectivity index (χ4v) is 5.48. The van der Waals surface area contributed by atoms with Crippen molar-refractivity contribution < 1.29 is 22.4 Å². The van der Waals surface area contributed by atoms with Gasteiger partial charge in [-0.15, -0.1) is 11.3 Å². The Bertz CT molecular complexity index is 829. The molecule has 1 saturated heterocycles. The Morgan fingerprint density at radius 3 is 2.73 bits per heavy atom. The Morgan fingerprint density at radius 1 is 1.19 bits per heavy atom. The van der Waals surface area contributed by atoms with Gasteiger partial charge in [0.05, 0.1) is 6.54 Å². The quantitative estimate of drug-likeness (QED) is 0.695. The monoisotopic (exact) mass is 398 g/mol. The molecule has 1 aliphatic rings. The Morgan fingerprint density at radius 2 is 2.00 bits per heavy atom. The molecule has 0 radical (unpaired) electrons. The van der Waals surface area contributed by atoms with Crippen molar-refractivity contribution in [2.24, 2.45) is 0 Å². The normalized spacial score (nSPS) is 17.1. The van der Waals surface area contributed by atoms with Gasteiger partial charge in [-0.2, -0.15) is 4.31 Å². The first-order valence-corrected chi connectivity index (χ1v) is 10.7. The molecule has 0 aliphatic carbocycles. The average molecular weight is 399 g/mol. The number of carbonyl (C=O) groups excluding carboxylic acids is 1. The van der Waals surface area contributed by atoms with Crippen LogP contribution in [0.1, 0.15) is 24.9 Å². The topological polar surface area (TPSA) is 80.1 Å². The maximum absolute atomic E-state index is 12.7. The first kappa shape index (κ1) is 19.1. The third kappa shape index (κ3) is 4.73. The molecule has 0 amide bonds. The molecular weight excluding hydrogens is 376 g/mol. The van der Waals surface area contributed by atoms with Crippen LogP contribution in [-0.2, 0) is 32.7 Å². The minimum absolute atomic E-state index is 0.127. The Kier molecular flexibility index (Phi) is 6.13. The second-order valence-corrected chi connectivity index (χ2v) is 9.23. The summed E-state index contributed by atoms with van der Waals surface area (Å²) in [4.78, 5) is 13.0. The summed E-state index contributed by atoms with van der Waals surface area (Å²) >= 11 is 1.25. The number of esters is 1. The molecule has 1 fully saturated rings. The van der Waals surface area contributed by atoms with Crippen LogP contribution in [0.5, 0.6) is 0 Å². The summed E-state index contributed by atoms with van der Waals surface area (Å²) in [6.07, 6.45) is 0.769. The van der Waals surface area contributed by atoms with Gasteiger partial charge in [0, 0.05) is 26.6 Å². The van der Waals surface area contributed by atoms with Crippen molar-refractivity contribution >= 4 is 27.3 Å². The number of hydrogen-bond donors (Lipinski definition) is 0. The van der Waals surface area contributed by atoms with Crippen LogP contribution in [0.4, 0.5) is 0 Å². The largest absolute Gasteiger partial charge is 0.461 e. The highest BCUT2D eigenvalue weighted by Gasteiger charge is 2.27. The second-order valence-electron chi connectivity index (χ2n) is 6.11. The van der Waals surface area contributed by atoms with Gasteiger partial charge in [0.2, 0.25) is 0 Å². The molecule has 3 rings (SSSR count). The van der Waals surface area contributed by atoms with Gasteiger partial charge in [-0.05, 0) is 36.5 Å². The lowest BCUT2D eigenvalue weighted by Crippen LogP contribution is -2.34. The van der Waals surface area contributed by atoms with Crippen molar-refractivity contribution in [1.82, 2.24) is 9.21 Å². The molecule has 0 N–H and O–H groups in total. The van der Waals surface area contributed by atoms with E-state index in [0.717, 1.165) is 18.7 Å². The van der Waals surface area contributed by atoms with Gasteiger partial charge in [0.1, 0.15) is 22.3 Å². The number of rotatable bonds is 6. The molecule has 2 aromatic heterocycles. The molecule has 2 aromatic rings. The van der Waals surface area contributed by atoms with E-state index in [-0.39, 0.29) is 12.6 Å². The third-order valence-electron chi connectivity index (χ3n) is 4.15. The van der Waals surface area contributed by atoms with Crippen LogP contribution in [0.2, 0.25) is 0 Å². The number of nitrogens with zero attached hydrogens (tertiary/aromatic N) is 2. The maximum atomic E-state index is 12.7. The summed E-state index contributed by atoms with van der Waals surface area (Å²) in [5.41, 5.74) is 0. The summed E-state index contributed by atoms with van der Waals surface area (Å²) in [5.74, 6) is 1.04. The van der Waals surface area contributed by atoms with E-state index < -0.39 is 10.0 Å². The molecule has 0 aromatic carbocycles. The van der Waals surface area contributed by atoms with Gasteiger partial charge in [-0.3, -0.25) is 9.69 Å². The molecule has 0 bridgehead atoms. The Labute approximate surface area is 157 Å². The van der Waals surface area contributed by atoms with E-state index in [1.165, 1.54) is 18.3 Å². The SMILES string of the molecule is CC(=O)OCc1ccc(CN2CCCN(S(=O)(=O)c3cccs3)CC2)o1. The fraction of sp³-hybridized carbons (Fsp3) is 0.471. The van der Waals surface area contributed by atoms with Gasteiger partial charge in [0.25, 0.3) is 10.0 Å².